The van der Waals surface area contributed by atoms with Crippen LogP contribution in [-0.4, -0.2) is 33.4 Å². The summed E-state index contributed by atoms with van der Waals surface area (Å²) in [5.74, 6) is -0.953. The second kappa shape index (κ2) is 7.36. The van der Waals surface area contributed by atoms with E-state index in [1.54, 1.807) is 0 Å². The van der Waals surface area contributed by atoms with Gasteiger partial charge in [-0.15, -0.1) is 0 Å². The number of amides is 3. The van der Waals surface area contributed by atoms with Crippen molar-refractivity contribution in [1.82, 2.24) is 15.1 Å². The van der Waals surface area contributed by atoms with Crippen molar-refractivity contribution in [2.24, 2.45) is 5.73 Å². The van der Waals surface area contributed by atoms with Gasteiger partial charge in [0.15, 0.2) is 0 Å². The Morgan fingerprint density at radius 1 is 1.35 bits per heavy atom. The summed E-state index contributed by atoms with van der Waals surface area (Å²) in [7, 11) is 0. The number of primary amides is 1. The normalized spacial score (nSPS) is 11.7. The molecule has 5 N–H and O–H groups in total. The molecule has 1 atom stereocenters. The second-order valence-electron chi connectivity index (χ2n) is 4.80. The SMILES string of the molecule is NC(=O)Cn1cc(NC(=O)NC[C@H](O)c2ccc(F)cc2)cn1. The van der Waals surface area contributed by atoms with E-state index < -0.39 is 23.9 Å². The number of anilines is 1. The summed E-state index contributed by atoms with van der Waals surface area (Å²) in [4.78, 5) is 22.5. The van der Waals surface area contributed by atoms with E-state index in [0.717, 1.165) is 0 Å². The Morgan fingerprint density at radius 2 is 2.04 bits per heavy atom. The Bertz CT molecular complexity index is 686. The largest absolute Gasteiger partial charge is 0.387 e. The van der Waals surface area contributed by atoms with E-state index in [2.05, 4.69) is 15.7 Å². The van der Waals surface area contributed by atoms with Gasteiger partial charge in [-0.05, 0) is 17.7 Å². The number of nitrogens with two attached hydrogens (primary N) is 1. The molecule has 0 fully saturated rings. The van der Waals surface area contributed by atoms with Crippen LogP contribution in [0.3, 0.4) is 0 Å². The highest BCUT2D eigenvalue weighted by Crippen LogP contribution is 2.12. The van der Waals surface area contributed by atoms with Gasteiger partial charge in [0.05, 0.1) is 18.0 Å². The molecule has 0 unspecified atom stereocenters. The predicted molar refractivity (Wildman–Crippen MR) is 79.8 cm³/mol. The highest BCUT2D eigenvalue weighted by atomic mass is 19.1. The molecule has 0 radical (unpaired) electrons. The Labute approximate surface area is 131 Å². The summed E-state index contributed by atoms with van der Waals surface area (Å²) < 4.78 is 14.1. The molecule has 1 heterocycles. The molecule has 3 amide bonds. The van der Waals surface area contributed by atoms with Crippen molar-refractivity contribution in [2.75, 3.05) is 11.9 Å². The van der Waals surface area contributed by atoms with Gasteiger partial charge in [0.1, 0.15) is 12.4 Å². The van der Waals surface area contributed by atoms with Gasteiger partial charge in [0.25, 0.3) is 0 Å². The number of aliphatic hydroxyl groups excluding tert-OH is 1. The highest BCUT2D eigenvalue weighted by Gasteiger charge is 2.10. The first-order valence-corrected chi connectivity index (χ1v) is 6.73. The van der Waals surface area contributed by atoms with Crippen LogP contribution in [0.5, 0.6) is 0 Å². The quantitative estimate of drug-likeness (QED) is 0.613. The van der Waals surface area contributed by atoms with Gasteiger partial charge in [0.2, 0.25) is 5.91 Å². The van der Waals surface area contributed by atoms with Gasteiger partial charge in [-0.25, -0.2) is 9.18 Å². The third-order valence-corrected chi connectivity index (χ3v) is 2.92. The second-order valence-corrected chi connectivity index (χ2v) is 4.80. The van der Waals surface area contributed by atoms with Gasteiger partial charge in [-0.3, -0.25) is 9.48 Å². The maximum absolute atomic E-state index is 12.8. The first kappa shape index (κ1) is 16.4. The van der Waals surface area contributed by atoms with Crippen molar-refractivity contribution in [3.05, 3.63) is 48.0 Å². The molecule has 1 aromatic heterocycles. The van der Waals surface area contributed by atoms with Crippen LogP contribution >= 0.6 is 0 Å². The zero-order valence-corrected chi connectivity index (χ0v) is 12.1. The topological polar surface area (TPSA) is 122 Å². The fourth-order valence-corrected chi connectivity index (χ4v) is 1.84. The summed E-state index contributed by atoms with van der Waals surface area (Å²) in [6.45, 7) is -0.139. The number of carbonyl (C=O) groups is 2. The van der Waals surface area contributed by atoms with E-state index in [1.807, 2.05) is 0 Å². The molecule has 0 spiro atoms. The molecule has 2 rings (SSSR count). The maximum atomic E-state index is 12.8. The first-order valence-electron chi connectivity index (χ1n) is 6.73. The zero-order valence-electron chi connectivity index (χ0n) is 12.1. The average molecular weight is 321 g/mol. The molecular formula is C14H16FN5O3. The van der Waals surface area contributed by atoms with E-state index in [4.69, 9.17) is 5.73 Å². The van der Waals surface area contributed by atoms with Gasteiger partial charge < -0.3 is 21.5 Å². The molecule has 23 heavy (non-hydrogen) atoms. The van der Waals surface area contributed by atoms with Crippen LogP contribution in [0.25, 0.3) is 0 Å². The van der Waals surface area contributed by atoms with Crippen LogP contribution < -0.4 is 16.4 Å². The van der Waals surface area contributed by atoms with Crippen molar-refractivity contribution < 1.29 is 19.1 Å². The molecule has 0 bridgehead atoms. The van der Waals surface area contributed by atoms with Crippen molar-refractivity contribution >= 4 is 17.6 Å². The summed E-state index contributed by atoms with van der Waals surface area (Å²) in [6, 6.07) is 4.78. The van der Waals surface area contributed by atoms with Crippen LogP contribution in [0.15, 0.2) is 36.7 Å². The summed E-state index contributed by atoms with van der Waals surface area (Å²) in [5.41, 5.74) is 5.89. The predicted octanol–water partition coefficient (Wildman–Crippen LogP) is 0.363. The lowest BCUT2D eigenvalue weighted by Gasteiger charge is -2.12. The molecule has 0 aliphatic heterocycles. The van der Waals surface area contributed by atoms with Crippen molar-refractivity contribution in [3.63, 3.8) is 0 Å². The Hall–Kier alpha value is -2.94. The van der Waals surface area contributed by atoms with Crippen LogP contribution in [0, 0.1) is 5.82 Å². The minimum Gasteiger partial charge on any atom is -0.387 e. The standard InChI is InChI=1S/C14H16FN5O3/c15-10-3-1-9(2-4-10)12(21)6-17-14(23)19-11-5-18-20(7-11)8-13(16)22/h1-5,7,12,21H,6,8H2,(H2,16,22)(H2,17,19,23)/t12-/m0/s1. The van der Waals surface area contributed by atoms with Gasteiger partial charge in [-0.1, -0.05) is 12.1 Å². The zero-order chi connectivity index (χ0) is 16.8. The van der Waals surface area contributed by atoms with Crippen LogP contribution in [-0.2, 0) is 11.3 Å². The van der Waals surface area contributed by atoms with Crippen molar-refractivity contribution in [3.8, 4) is 0 Å². The van der Waals surface area contributed by atoms with Crippen molar-refractivity contribution in [2.45, 2.75) is 12.6 Å². The monoisotopic (exact) mass is 321 g/mol. The van der Waals surface area contributed by atoms with E-state index in [-0.39, 0.29) is 13.1 Å². The molecule has 122 valence electrons. The lowest BCUT2D eigenvalue weighted by molar-refractivity contribution is -0.118. The van der Waals surface area contributed by atoms with Gasteiger partial charge >= 0.3 is 6.03 Å². The first-order chi connectivity index (χ1) is 10.9. The Morgan fingerprint density at radius 3 is 2.70 bits per heavy atom. The fourth-order valence-electron chi connectivity index (χ4n) is 1.84. The maximum Gasteiger partial charge on any atom is 0.319 e. The van der Waals surface area contributed by atoms with Crippen LogP contribution in [0.1, 0.15) is 11.7 Å². The number of hydrogen-bond acceptors (Lipinski definition) is 4. The minimum absolute atomic E-state index is 0.0487. The molecule has 1 aromatic carbocycles. The number of aliphatic hydroxyl groups is 1. The number of carbonyl (C=O) groups excluding carboxylic acids is 2. The van der Waals surface area contributed by atoms with Crippen LogP contribution in [0.2, 0.25) is 0 Å². The number of aromatic nitrogens is 2. The highest BCUT2D eigenvalue weighted by molar-refractivity contribution is 5.88. The molecule has 0 saturated carbocycles. The molecule has 9 heteroatoms. The minimum atomic E-state index is -0.959. The van der Waals surface area contributed by atoms with Crippen LogP contribution in [0.4, 0.5) is 14.9 Å². The smallest absolute Gasteiger partial charge is 0.319 e. The fraction of sp³-hybridized carbons (Fsp3) is 0.214. The molecular weight excluding hydrogens is 305 g/mol. The lowest BCUT2D eigenvalue weighted by Crippen LogP contribution is -2.32. The number of urea groups is 1. The van der Waals surface area contributed by atoms with Crippen molar-refractivity contribution in [1.29, 1.82) is 0 Å². The third-order valence-electron chi connectivity index (χ3n) is 2.92. The Kier molecular flexibility index (Phi) is 5.26. The van der Waals surface area contributed by atoms with E-state index in [9.17, 15) is 19.1 Å². The Balaban J connectivity index is 1.81. The summed E-state index contributed by atoms with van der Waals surface area (Å²) in [5, 5.41) is 18.7. The molecule has 8 nitrogen and oxygen atoms in total. The van der Waals surface area contributed by atoms with E-state index in [0.29, 0.717) is 11.3 Å². The average Bonchev–Trinajstić information content (AvgIpc) is 2.91. The number of rotatable bonds is 6. The number of benzene rings is 1. The molecule has 2 aromatic rings. The third kappa shape index (κ3) is 5.08. The summed E-state index contributed by atoms with van der Waals surface area (Å²) in [6.07, 6.45) is 1.85. The molecule has 0 aliphatic carbocycles. The number of nitrogens with one attached hydrogen (secondary N) is 2. The summed E-state index contributed by atoms with van der Waals surface area (Å²) >= 11 is 0. The van der Waals surface area contributed by atoms with E-state index >= 15 is 0 Å². The van der Waals surface area contributed by atoms with E-state index in [1.165, 1.54) is 41.3 Å². The number of halogens is 1. The number of hydrogen-bond donors (Lipinski definition) is 4. The molecule has 0 aliphatic rings. The lowest BCUT2D eigenvalue weighted by atomic mass is 10.1. The number of nitrogens with zero attached hydrogens (tertiary/aromatic N) is 2. The molecule has 0 saturated heterocycles. The van der Waals surface area contributed by atoms with Gasteiger partial charge in [0, 0.05) is 12.7 Å². The van der Waals surface area contributed by atoms with Gasteiger partial charge in [-0.2, -0.15) is 5.10 Å².